The first kappa shape index (κ1) is 16.7. The van der Waals surface area contributed by atoms with Gasteiger partial charge in [0.05, 0.1) is 0 Å². The summed E-state index contributed by atoms with van der Waals surface area (Å²) < 4.78 is 5.99. The van der Waals surface area contributed by atoms with E-state index in [4.69, 9.17) is 4.42 Å². The van der Waals surface area contributed by atoms with Crippen LogP contribution in [0.25, 0.3) is 34.4 Å². The Labute approximate surface area is 155 Å². The van der Waals surface area contributed by atoms with Gasteiger partial charge in [0.15, 0.2) is 0 Å². The van der Waals surface area contributed by atoms with Gasteiger partial charge in [0, 0.05) is 22.6 Å². The number of carboxylic acid groups (broad SMARTS) is 1. The molecule has 1 aromatic heterocycles. The van der Waals surface area contributed by atoms with Gasteiger partial charge in [-0.2, -0.15) is 0 Å². The lowest BCUT2D eigenvalue weighted by Crippen LogP contribution is -1.96. The predicted octanol–water partition coefficient (Wildman–Crippen LogP) is 5.67. The van der Waals surface area contributed by atoms with Crippen LogP contribution in [-0.4, -0.2) is 16.2 Å². The third-order valence-electron chi connectivity index (χ3n) is 4.35. The second-order valence-electron chi connectivity index (χ2n) is 6.13. The maximum atomic E-state index is 11.4. The number of aromatic carboxylic acids is 1. The molecule has 4 heteroatoms. The minimum atomic E-state index is -1.19. The van der Waals surface area contributed by atoms with E-state index >= 15 is 0 Å². The van der Waals surface area contributed by atoms with Gasteiger partial charge in [0.1, 0.15) is 22.7 Å². The largest absolute Gasteiger partial charge is 0.507 e. The number of fused-ring (bicyclic) bond motifs is 1. The van der Waals surface area contributed by atoms with Gasteiger partial charge in [-0.3, -0.25) is 0 Å². The van der Waals surface area contributed by atoms with Crippen LogP contribution < -0.4 is 0 Å². The van der Waals surface area contributed by atoms with Crippen LogP contribution in [0, 0.1) is 0 Å². The maximum Gasteiger partial charge on any atom is 0.339 e. The van der Waals surface area contributed by atoms with Crippen molar-refractivity contribution in [3.63, 3.8) is 0 Å². The summed E-state index contributed by atoms with van der Waals surface area (Å²) in [5.74, 6) is -0.878. The molecule has 0 aliphatic carbocycles. The summed E-state index contributed by atoms with van der Waals surface area (Å²) in [7, 11) is 0. The van der Waals surface area contributed by atoms with Crippen molar-refractivity contribution in [2.45, 2.75) is 0 Å². The molecule has 1 heterocycles. The molecule has 0 atom stereocenters. The average Bonchev–Trinajstić information content (AvgIpc) is 3.04. The fourth-order valence-electron chi connectivity index (χ4n) is 3.04. The lowest BCUT2D eigenvalue weighted by atomic mass is 10.0. The highest BCUT2D eigenvalue weighted by Crippen LogP contribution is 2.37. The van der Waals surface area contributed by atoms with E-state index in [9.17, 15) is 15.0 Å². The van der Waals surface area contributed by atoms with Crippen molar-refractivity contribution in [2.24, 2.45) is 0 Å². The Bertz CT molecular complexity index is 1140. The molecular weight excluding hydrogens is 340 g/mol. The fraction of sp³-hybridized carbons (Fsp3) is 0. The van der Waals surface area contributed by atoms with Crippen LogP contribution in [0.2, 0.25) is 0 Å². The number of hydrogen-bond donors (Lipinski definition) is 2. The maximum absolute atomic E-state index is 11.4. The smallest absolute Gasteiger partial charge is 0.339 e. The van der Waals surface area contributed by atoms with Crippen molar-refractivity contribution in [1.82, 2.24) is 0 Å². The summed E-state index contributed by atoms with van der Waals surface area (Å²) in [5.41, 5.74) is 2.93. The van der Waals surface area contributed by atoms with E-state index in [0.29, 0.717) is 16.7 Å². The molecule has 0 spiro atoms. The number of carbonyl (C=O) groups is 1. The lowest BCUT2D eigenvalue weighted by molar-refractivity contribution is 0.0694. The Hall–Kier alpha value is -3.79. The van der Waals surface area contributed by atoms with E-state index in [2.05, 4.69) is 0 Å². The summed E-state index contributed by atoms with van der Waals surface area (Å²) in [6.07, 6.45) is 3.86. The van der Waals surface area contributed by atoms with E-state index < -0.39 is 5.97 Å². The highest BCUT2D eigenvalue weighted by molar-refractivity contribution is 6.02. The normalized spacial score (nSPS) is 11.3. The lowest BCUT2D eigenvalue weighted by Gasteiger charge is -2.00. The second-order valence-corrected chi connectivity index (χ2v) is 6.13. The summed E-state index contributed by atoms with van der Waals surface area (Å²) in [6, 6.07) is 22.2. The molecule has 0 aliphatic heterocycles. The quantitative estimate of drug-likeness (QED) is 0.494. The molecule has 27 heavy (non-hydrogen) atoms. The zero-order valence-corrected chi connectivity index (χ0v) is 14.3. The molecule has 0 unspecified atom stereocenters. The summed E-state index contributed by atoms with van der Waals surface area (Å²) in [6.45, 7) is 0. The Kier molecular flexibility index (Phi) is 4.22. The highest BCUT2D eigenvalue weighted by Gasteiger charge is 2.19. The number of aromatic hydroxyl groups is 1. The SMILES string of the molecule is O=C(O)c1cc2c(/C=C\c3ccccc3)c(-c3ccccc3)oc2cc1O. The first-order valence-corrected chi connectivity index (χ1v) is 8.45. The Morgan fingerprint density at radius 2 is 1.56 bits per heavy atom. The van der Waals surface area contributed by atoms with Crippen LogP contribution in [0.3, 0.4) is 0 Å². The second kappa shape index (κ2) is 6.84. The highest BCUT2D eigenvalue weighted by atomic mass is 16.4. The van der Waals surface area contributed by atoms with Gasteiger partial charge >= 0.3 is 5.97 Å². The van der Waals surface area contributed by atoms with Crippen molar-refractivity contribution in [3.05, 3.63) is 89.5 Å². The van der Waals surface area contributed by atoms with Crippen molar-refractivity contribution >= 4 is 29.1 Å². The van der Waals surface area contributed by atoms with Gasteiger partial charge in [-0.15, -0.1) is 0 Å². The van der Waals surface area contributed by atoms with Gasteiger partial charge in [-0.1, -0.05) is 66.7 Å². The van der Waals surface area contributed by atoms with Gasteiger partial charge < -0.3 is 14.6 Å². The van der Waals surface area contributed by atoms with Crippen molar-refractivity contribution in [3.8, 4) is 17.1 Å². The van der Waals surface area contributed by atoms with Gasteiger partial charge in [-0.25, -0.2) is 4.79 Å². The van der Waals surface area contributed by atoms with Gasteiger partial charge in [0.2, 0.25) is 0 Å². The van der Waals surface area contributed by atoms with Crippen LogP contribution in [0.4, 0.5) is 0 Å². The average molecular weight is 356 g/mol. The summed E-state index contributed by atoms with van der Waals surface area (Å²) >= 11 is 0. The predicted molar refractivity (Wildman–Crippen MR) is 106 cm³/mol. The van der Waals surface area contributed by atoms with Crippen LogP contribution in [0.15, 0.2) is 77.2 Å². The molecule has 0 fully saturated rings. The van der Waals surface area contributed by atoms with Crippen molar-refractivity contribution in [2.75, 3.05) is 0 Å². The van der Waals surface area contributed by atoms with Crippen LogP contribution in [0.1, 0.15) is 21.5 Å². The minimum absolute atomic E-state index is 0.155. The molecule has 4 aromatic rings. The first-order chi connectivity index (χ1) is 13.1. The van der Waals surface area contributed by atoms with Gasteiger partial charge in [0.25, 0.3) is 0 Å². The van der Waals surface area contributed by atoms with E-state index in [1.165, 1.54) is 12.1 Å². The standard InChI is InChI=1S/C23H16O4/c24-20-14-21-18(13-19(20)23(25)26)17(12-11-15-7-3-1-4-8-15)22(27-21)16-9-5-2-6-10-16/h1-14,24H,(H,25,26)/b12-11-. The van der Waals surface area contributed by atoms with Crippen molar-refractivity contribution in [1.29, 1.82) is 0 Å². The topological polar surface area (TPSA) is 70.7 Å². The molecule has 4 nitrogen and oxygen atoms in total. The van der Waals surface area contributed by atoms with E-state index in [1.54, 1.807) is 0 Å². The van der Waals surface area contributed by atoms with Crippen LogP contribution in [-0.2, 0) is 0 Å². The van der Waals surface area contributed by atoms with Crippen LogP contribution >= 0.6 is 0 Å². The fourth-order valence-corrected chi connectivity index (χ4v) is 3.04. The summed E-state index contributed by atoms with van der Waals surface area (Å²) in [5, 5.41) is 20.0. The third-order valence-corrected chi connectivity index (χ3v) is 4.35. The van der Waals surface area contributed by atoms with Crippen molar-refractivity contribution < 1.29 is 19.4 Å². The zero-order valence-electron chi connectivity index (χ0n) is 14.3. The summed E-state index contributed by atoms with van der Waals surface area (Å²) in [4.78, 5) is 11.4. The molecule has 0 saturated heterocycles. The van der Waals surface area contributed by atoms with Gasteiger partial charge in [-0.05, 0) is 17.7 Å². The third kappa shape index (κ3) is 3.20. The number of phenols is 1. The molecule has 0 aliphatic rings. The van der Waals surface area contributed by atoms with E-state index in [1.807, 2.05) is 72.8 Å². The Morgan fingerprint density at radius 3 is 2.22 bits per heavy atom. The molecule has 2 N–H and O–H groups in total. The molecular formula is C23H16O4. The van der Waals surface area contributed by atoms with Crippen LogP contribution in [0.5, 0.6) is 5.75 Å². The Morgan fingerprint density at radius 1 is 0.889 bits per heavy atom. The minimum Gasteiger partial charge on any atom is -0.507 e. The number of carboxylic acids is 1. The molecule has 0 saturated carbocycles. The number of benzene rings is 3. The van der Waals surface area contributed by atoms with E-state index in [0.717, 1.165) is 16.7 Å². The molecule has 0 radical (unpaired) electrons. The zero-order chi connectivity index (χ0) is 18.8. The number of furan rings is 1. The Balaban J connectivity index is 1.95. The number of rotatable bonds is 4. The molecule has 132 valence electrons. The number of hydrogen-bond acceptors (Lipinski definition) is 3. The molecule has 0 amide bonds. The monoisotopic (exact) mass is 356 g/mol. The molecule has 0 bridgehead atoms. The molecule has 3 aromatic carbocycles. The first-order valence-electron chi connectivity index (χ1n) is 8.45. The van der Waals surface area contributed by atoms with E-state index in [-0.39, 0.29) is 11.3 Å². The molecule has 4 rings (SSSR count).